The average molecular weight is 332 g/mol. The molecule has 0 bridgehead atoms. The number of hydrazine groups is 1. The van der Waals surface area contributed by atoms with Crippen molar-refractivity contribution in [3.05, 3.63) is 33.8 Å². The molecule has 0 aromatic heterocycles. The number of rotatable bonds is 5. The van der Waals surface area contributed by atoms with E-state index in [9.17, 15) is 0 Å². The molecular formula is C15H23Cl2N3O. The van der Waals surface area contributed by atoms with Gasteiger partial charge in [-0.15, -0.1) is 0 Å². The number of hydrogen-bond donors (Lipinski definition) is 2. The Hall–Kier alpha value is -0.360. The summed E-state index contributed by atoms with van der Waals surface area (Å²) in [6.07, 6.45) is 0.722. The Bertz CT molecular complexity index is 476. The van der Waals surface area contributed by atoms with Crippen LogP contribution in [0.2, 0.25) is 10.0 Å². The second kappa shape index (κ2) is 7.27. The summed E-state index contributed by atoms with van der Waals surface area (Å²) in [6.45, 7) is 7.74. The summed E-state index contributed by atoms with van der Waals surface area (Å²) in [7, 11) is 0. The molecule has 1 saturated heterocycles. The maximum absolute atomic E-state index is 6.27. The van der Waals surface area contributed by atoms with E-state index < -0.39 is 0 Å². The third-order valence-corrected chi connectivity index (χ3v) is 4.92. The Balaban J connectivity index is 2.16. The third kappa shape index (κ3) is 4.09. The molecule has 6 heteroatoms. The van der Waals surface area contributed by atoms with Crippen LogP contribution in [0.1, 0.15) is 19.4 Å². The molecule has 0 saturated carbocycles. The van der Waals surface area contributed by atoms with Crippen molar-refractivity contribution in [2.45, 2.75) is 31.8 Å². The zero-order chi connectivity index (χ0) is 15.5. The molecule has 1 fully saturated rings. The van der Waals surface area contributed by atoms with Crippen LogP contribution >= 0.6 is 23.2 Å². The van der Waals surface area contributed by atoms with Gasteiger partial charge < -0.3 is 4.74 Å². The van der Waals surface area contributed by atoms with Crippen LogP contribution in [0.15, 0.2) is 18.2 Å². The van der Waals surface area contributed by atoms with Gasteiger partial charge in [0.25, 0.3) is 0 Å². The fourth-order valence-electron chi connectivity index (χ4n) is 2.79. The number of morpholine rings is 1. The van der Waals surface area contributed by atoms with E-state index in [1.54, 1.807) is 6.07 Å². The highest BCUT2D eigenvalue weighted by Gasteiger charge is 2.36. The molecular weight excluding hydrogens is 309 g/mol. The summed E-state index contributed by atoms with van der Waals surface area (Å²) in [5, 5.41) is 1.41. The summed E-state index contributed by atoms with van der Waals surface area (Å²) in [5.74, 6) is 5.82. The van der Waals surface area contributed by atoms with Gasteiger partial charge in [0, 0.05) is 34.7 Å². The van der Waals surface area contributed by atoms with E-state index in [4.69, 9.17) is 33.8 Å². The summed E-state index contributed by atoms with van der Waals surface area (Å²) in [5.41, 5.74) is 3.85. The van der Waals surface area contributed by atoms with Crippen LogP contribution in [0.5, 0.6) is 0 Å². The molecule has 0 aliphatic carbocycles. The van der Waals surface area contributed by atoms with E-state index in [0.29, 0.717) is 5.02 Å². The molecule has 1 heterocycles. The molecule has 1 aromatic carbocycles. The number of nitrogens with one attached hydrogen (secondary N) is 1. The molecule has 118 valence electrons. The molecule has 4 nitrogen and oxygen atoms in total. The van der Waals surface area contributed by atoms with E-state index in [2.05, 4.69) is 24.2 Å². The number of nitrogens with zero attached hydrogens (tertiary/aromatic N) is 1. The number of ether oxygens (including phenoxy) is 1. The van der Waals surface area contributed by atoms with Crippen molar-refractivity contribution in [2.24, 2.45) is 5.84 Å². The molecule has 1 aliphatic heterocycles. The summed E-state index contributed by atoms with van der Waals surface area (Å²) in [4.78, 5) is 2.40. The first-order valence-electron chi connectivity index (χ1n) is 7.18. The Morgan fingerprint density at radius 1 is 1.33 bits per heavy atom. The van der Waals surface area contributed by atoms with Gasteiger partial charge in [-0.2, -0.15) is 0 Å². The topological polar surface area (TPSA) is 50.5 Å². The van der Waals surface area contributed by atoms with Gasteiger partial charge in [-0.05, 0) is 44.0 Å². The number of benzene rings is 1. The maximum Gasteiger partial charge on any atom is 0.0594 e. The van der Waals surface area contributed by atoms with Crippen LogP contribution in [-0.2, 0) is 11.2 Å². The number of halogens is 2. The molecule has 21 heavy (non-hydrogen) atoms. The van der Waals surface area contributed by atoms with Gasteiger partial charge >= 0.3 is 0 Å². The van der Waals surface area contributed by atoms with Gasteiger partial charge in [0.15, 0.2) is 0 Å². The molecule has 0 radical (unpaired) electrons. The van der Waals surface area contributed by atoms with Gasteiger partial charge in [-0.25, -0.2) is 0 Å². The van der Waals surface area contributed by atoms with Crippen molar-refractivity contribution >= 4 is 23.2 Å². The van der Waals surface area contributed by atoms with Crippen LogP contribution in [0.4, 0.5) is 0 Å². The molecule has 2 rings (SSSR count). The molecule has 1 atom stereocenters. The fraction of sp³-hybridized carbons (Fsp3) is 0.600. The van der Waals surface area contributed by atoms with Gasteiger partial charge in [-0.3, -0.25) is 16.2 Å². The monoisotopic (exact) mass is 331 g/mol. The Kier molecular flexibility index (Phi) is 5.88. The lowest BCUT2D eigenvalue weighted by molar-refractivity contribution is -0.0233. The lowest BCUT2D eigenvalue weighted by Crippen LogP contribution is -2.62. The first-order valence-corrected chi connectivity index (χ1v) is 7.93. The molecule has 1 aliphatic rings. The Labute approximate surface area is 136 Å². The SMILES string of the molecule is CC(C)(C(Cc1cc(Cl)ccc1Cl)NN)N1CCOCC1. The van der Waals surface area contributed by atoms with E-state index in [1.165, 1.54) is 0 Å². The lowest BCUT2D eigenvalue weighted by Gasteiger charge is -2.45. The zero-order valence-electron chi connectivity index (χ0n) is 12.5. The van der Waals surface area contributed by atoms with Crippen LogP contribution in [-0.4, -0.2) is 42.8 Å². The molecule has 3 N–H and O–H groups in total. The Morgan fingerprint density at radius 2 is 2.00 bits per heavy atom. The predicted molar refractivity (Wildman–Crippen MR) is 87.7 cm³/mol. The second-order valence-corrected chi connectivity index (χ2v) is 6.76. The highest BCUT2D eigenvalue weighted by molar-refractivity contribution is 6.33. The standard InChI is InChI=1S/C15H23Cl2N3O/c1-15(2,20-5-7-21-8-6-20)14(19-18)10-11-9-12(16)3-4-13(11)17/h3-4,9,14,19H,5-8,10,18H2,1-2H3. The van der Waals surface area contributed by atoms with E-state index >= 15 is 0 Å². The highest BCUT2D eigenvalue weighted by Crippen LogP contribution is 2.27. The van der Waals surface area contributed by atoms with Crippen molar-refractivity contribution in [3.63, 3.8) is 0 Å². The third-order valence-electron chi connectivity index (χ3n) is 4.31. The minimum atomic E-state index is -0.107. The van der Waals surface area contributed by atoms with Crippen LogP contribution in [0.25, 0.3) is 0 Å². The first-order chi connectivity index (χ1) is 9.95. The molecule has 0 spiro atoms. The van der Waals surface area contributed by atoms with Gasteiger partial charge in [0.2, 0.25) is 0 Å². The first kappa shape index (κ1) is 17.0. The quantitative estimate of drug-likeness (QED) is 0.642. The summed E-state index contributed by atoms with van der Waals surface area (Å²) < 4.78 is 5.43. The van der Waals surface area contributed by atoms with Crippen LogP contribution in [0.3, 0.4) is 0 Å². The highest BCUT2D eigenvalue weighted by atomic mass is 35.5. The van der Waals surface area contributed by atoms with Crippen molar-refractivity contribution < 1.29 is 4.74 Å². The zero-order valence-corrected chi connectivity index (χ0v) is 14.0. The van der Waals surface area contributed by atoms with E-state index in [1.807, 2.05) is 12.1 Å². The second-order valence-electron chi connectivity index (χ2n) is 5.91. The van der Waals surface area contributed by atoms with Crippen LogP contribution in [0, 0.1) is 0 Å². The molecule has 1 aromatic rings. The van der Waals surface area contributed by atoms with Crippen molar-refractivity contribution in [2.75, 3.05) is 26.3 Å². The van der Waals surface area contributed by atoms with Crippen molar-refractivity contribution in [1.29, 1.82) is 0 Å². The largest absolute Gasteiger partial charge is 0.379 e. The normalized spacial score (nSPS) is 18.7. The average Bonchev–Trinajstić information content (AvgIpc) is 2.48. The van der Waals surface area contributed by atoms with E-state index in [0.717, 1.165) is 43.3 Å². The number of nitrogens with two attached hydrogens (primary N) is 1. The summed E-state index contributed by atoms with van der Waals surface area (Å²) in [6, 6.07) is 5.59. The van der Waals surface area contributed by atoms with Gasteiger partial charge in [0.05, 0.1) is 13.2 Å². The summed E-state index contributed by atoms with van der Waals surface area (Å²) >= 11 is 12.3. The van der Waals surface area contributed by atoms with Crippen molar-refractivity contribution in [3.8, 4) is 0 Å². The minimum absolute atomic E-state index is 0.0616. The molecule has 1 unspecified atom stereocenters. The predicted octanol–water partition coefficient (Wildman–Crippen LogP) is 2.48. The Morgan fingerprint density at radius 3 is 2.62 bits per heavy atom. The van der Waals surface area contributed by atoms with Crippen molar-refractivity contribution in [1.82, 2.24) is 10.3 Å². The number of hydrogen-bond acceptors (Lipinski definition) is 4. The smallest absolute Gasteiger partial charge is 0.0594 e. The van der Waals surface area contributed by atoms with Crippen LogP contribution < -0.4 is 11.3 Å². The van der Waals surface area contributed by atoms with E-state index in [-0.39, 0.29) is 11.6 Å². The maximum atomic E-state index is 6.27. The minimum Gasteiger partial charge on any atom is -0.379 e. The fourth-order valence-corrected chi connectivity index (χ4v) is 3.18. The van der Waals surface area contributed by atoms with Gasteiger partial charge in [0.1, 0.15) is 0 Å². The molecule has 0 amide bonds. The lowest BCUT2D eigenvalue weighted by atomic mass is 9.87. The van der Waals surface area contributed by atoms with Gasteiger partial charge in [-0.1, -0.05) is 23.2 Å².